The molecule has 94 valence electrons. The SMILES string of the molecule is CC[Si](OC)(OC)OC[C@@H]1CCC2OC2C1. The van der Waals surface area contributed by atoms with Crippen LogP contribution in [0.4, 0.5) is 0 Å². The van der Waals surface area contributed by atoms with Crippen molar-refractivity contribution in [3.05, 3.63) is 0 Å². The van der Waals surface area contributed by atoms with E-state index in [1.807, 2.05) is 0 Å². The van der Waals surface area contributed by atoms with Gasteiger partial charge in [0.15, 0.2) is 0 Å². The van der Waals surface area contributed by atoms with Gasteiger partial charge in [0, 0.05) is 26.9 Å². The average molecular weight is 246 g/mol. The summed E-state index contributed by atoms with van der Waals surface area (Å²) in [6.45, 7) is 2.81. The Kier molecular flexibility index (Phi) is 4.02. The van der Waals surface area contributed by atoms with Gasteiger partial charge in [0.05, 0.1) is 12.2 Å². The van der Waals surface area contributed by atoms with E-state index < -0.39 is 8.80 Å². The van der Waals surface area contributed by atoms with E-state index in [4.69, 9.17) is 18.0 Å². The summed E-state index contributed by atoms with van der Waals surface area (Å²) in [5, 5.41) is 0. The van der Waals surface area contributed by atoms with Crippen LogP contribution in [-0.2, 0) is 18.0 Å². The molecule has 2 unspecified atom stereocenters. The van der Waals surface area contributed by atoms with Gasteiger partial charge in [-0.1, -0.05) is 6.92 Å². The fourth-order valence-electron chi connectivity index (χ4n) is 2.47. The normalized spacial score (nSPS) is 33.6. The van der Waals surface area contributed by atoms with Gasteiger partial charge in [-0.25, -0.2) is 0 Å². The molecule has 1 saturated carbocycles. The zero-order chi connectivity index (χ0) is 11.6. The third-order valence-corrected chi connectivity index (χ3v) is 6.42. The molecule has 0 aromatic heterocycles. The third kappa shape index (κ3) is 2.65. The number of ether oxygens (including phenoxy) is 1. The first kappa shape index (κ1) is 12.5. The molecule has 0 radical (unpaired) electrons. The second-order valence-corrected chi connectivity index (χ2v) is 7.83. The minimum absolute atomic E-state index is 0.519. The van der Waals surface area contributed by atoms with Crippen LogP contribution in [0, 0.1) is 5.92 Å². The van der Waals surface area contributed by atoms with Crippen LogP contribution < -0.4 is 0 Å². The minimum atomic E-state index is -2.35. The lowest BCUT2D eigenvalue weighted by Gasteiger charge is -2.28. The van der Waals surface area contributed by atoms with E-state index in [1.165, 1.54) is 12.8 Å². The lowest BCUT2D eigenvalue weighted by Crippen LogP contribution is -2.44. The smallest absolute Gasteiger partial charge is 0.377 e. The van der Waals surface area contributed by atoms with Crippen molar-refractivity contribution in [3.63, 3.8) is 0 Å². The van der Waals surface area contributed by atoms with Crippen LogP contribution in [0.1, 0.15) is 26.2 Å². The minimum Gasteiger partial charge on any atom is -0.377 e. The predicted molar refractivity (Wildman–Crippen MR) is 62.2 cm³/mol. The molecule has 2 rings (SSSR count). The Balaban J connectivity index is 1.76. The lowest BCUT2D eigenvalue weighted by atomic mass is 9.90. The largest absolute Gasteiger partial charge is 0.500 e. The maximum Gasteiger partial charge on any atom is 0.500 e. The molecule has 1 heterocycles. The molecule has 0 N–H and O–H groups in total. The Morgan fingerprint density at radius 1 is 1.19 bits per heavy atom. The zero-order valence-corrected chi connectivity index (χ0v) is 11.4. The molecule has 0 amide bonds. The quantitative estimate of drug-likeness (QED) is 0.529. The Labute approximate surface area is 98.6 Å². The van der Waals surface area contributed by atoms with Gasteiger partial charge < -0.3 is 18.0 Å². The summed E-state index contributed by atoms with van der Waals surface area (Å²) in [7, 11) is 1.01. The summed E-state index contributed by atoms with van der Waals surface area (Å²) < 4.78 is 22.3. The van der Waals surface area contributed by atoms with Crippen molar-refractivity contribution < 1.29 is 18.0 Å². The van der Waals surface area contributed by atoms with Crippen LogP contribution >= 0.6 is 0 Å². The number of fused-ring (bicyclic) bond motifs is 1. The molecule has 0 bridgehead atoms. The van der Waals surface area contributed by atoms with Gasteiger partial charge in [0.25, 0.3) is 0 Å². The number of epoxide rings is 1. The van der Waals surface area contributed by atoms with Crippen LogP contribution in [0.2, 0.25) is 6.04 Å². The van der Waals surface area contributed by atoms with Crippen molar-refractivity contribution >= 4 is 8.80 Å². The highest BCUT2D eigenvalue weighted by atomic mass is 28.4. The molecule has 5 heteroatoms. The van der Waals surface area contributed by atoms with E-state index in [2.05, 4.69) is 6.92 Å². The molecule has 1 aliphatic heterocycles. The van der Waals surface area contributed by atoms with E-state index in [9.17, 15) is 0 Å². The lowest BCUT2D eigenvalue weighted by molar-refractivity contribution is 0.0770. The monoisotopic (exact) mass is 246 g/mol. The first-order valence-electron chi connectivity index (χ1n) is 6.12. The van der Waals surface area contributed by atoms with E-state index in [1.54, 1.807) is 14.2 Å². The molecule has 2 aliphatic rings. The van der Waals surface area contributed by atoms with Crippen LogP contribution in [0.3, 0.4) is 0 Å². The van der Waals surface area contributed by atoms with Crippen molar-refractivity contribution in [2.45, 2.75) is 44.4 Å². The fraction of sp³-hybridized carbons (Fsp3) is 1.00. The van der Waals surface area contributed by atoms with Gasteiger partial charge in [-0.3, -0.25) is 0 Å². The Bertz CT molecular complexity index is 224. The molecule has 1 saturated heterocycles. The van der Waals surface area contributed by atoms with E-state index in [0.717, 1.165) is 19.1 Å². The van der Waals surface area contributed by atoms with E-state index >= 15 is 0 Å². The van der Waals surface area contributed by atoms with Crippen molar-refractivity contribution in [2.24, 2.45) is 5.92 Å². The fourth-order valence-corrected chi connectivity index (χ4v) is 4.15. The molecule has 3 atom stereocenters. The van der Waals surface area contributed by atoms with Crippen LogP contribution in [0.5, 0.6) is 0 Å². The first-order valence-corrected chi connectivity index (χ1v) is 8.06. The Morgan fingerprint density at radius 2 is 1.94 bits per heavy atom. The van der Waals surface area contributed by atoms with Crippen LogP contribution in [0.15, 0.2) is 0 Å². The Morgan fingerprint density at radius 3 is 2.50 bits per heavy atom. The molecule has 2 fully saturated rings. The molecule has 0 aromatic rings. The van der Waals surface area contributed by atoms with Crippen molar-refractivity contribution in [1.29, 1.82) is 0 Å². The molecule has 4 nitrogen and oxygen atoms in total. The van der Waals surface area contributed by atoms with Crippen molar-refractivity contribution in [1.82, 2.24) is 0 Å². The predicted octanol–water partition coefficient (Wildman–Crippen LogP) is 1.82. The van der Waals surface area contributed by atoms with Crippen LogP contribution in [0.25, 0.3) is 0 Å². The molecular weight excluding hydrogens is 224 g/mol. The summed E-state index contributed by atoms with van der Waals surface area (Å²) in [4.78, 5) is 0. The number of hydrogen-bond donors (Lipinski definition) is 0. The highest BCUT2D eigenvalue weighted by Gasteiger charge is 2.45. The van der Waals surface area contributed by atoms with Gasteiger partial charge in [-0.2, -0.15) is 0 Å². The molecule has 1 aliphatic carbocycles. The second-order valence-electron chi connectivity index (χ2n) is 4.65. The van der Waals surface area contributed by atoms with Crippen LogP contribution in [-0.4, -0.2) is 41.8 Å². The summed E-state index contributed by atoms with van der Waals surface area (Å²) >= 11 is 0. The highest BCUT2D eigenvalue weighted by molar-refractivity contribution is 6.60. The molecule has 0 aromatic carbocycles. The summed E-state index contributed by atoms with van der Waals surface area (Å²) in [6, 6.07) is 0.829. The third-order valence-electron chi connectivity index (χ3n) is 3.71. The number of rotatable bonds is 6. The van der Waals surface area contributed by atoms with Gasteiger partial charge in [-0.15, -0.1) is 0 Å². The van der Waals surface area contributed by atoms with E-state index in [0.29, 0.717) is 18.1 Å². The topological polar surface area (TPSA) is 40.2 Å². The molecule has 16 heavy (non-hydrogen) atoms. The average Bonchev–Trinajstić information content (AvgIpc) is 3.10. The zero-order valence-electron chi connectivity index (χ0n) is 10.4. The van der Waals surface area contributed by atoms with Gasteiger partial charge in [-0.05, 0) is 25.2 Å². The maximum absolute atomic E-state index is 5.92. The van der Waals surface area contributed by atoms with Gasteiger partial charge >= 0.3 is 8.80 Å². The maximum atomic E-state index is 5.92. The number of hydrogen-bond acceptors (Lipinski definition) is 4. The highest BCUT2D eigenvalue weighted by Crippen LogP contribution is 2.39. The van der Waals surface area contributed by atoms with Gasteiger partial charge in [0.1, 0.15) is 0 Å². The van der Waals surface area contributed by atoms with E-state index in [-0.39, 0.29) is 0 Å². The standard InChI is InChI=1S/C11H22O4Si/c1-4-16(12-2,13-3)14-8-9-5-6-10-11(7-9)15-10/h9-11H,4-8H2,1-3H3/t9-,10?,11?/m1/s1. The van der Waals surface area contributed by atoms with Crippen molar-refractivity contribution in [2.75, 3.05) is 20.8 Å². The molecular formula is C11H22O4Si. The summed E-state index contributed by atoms with van der Waals surface area (Å²) in [5.41, 5.74) is 0. The summed E-state index contributed by atoms with van der Waals surface area (Å²) in [5.74, 6) is 0.618. The van der Waals surface area contributed by atoms with Gasteiger partial charge in [0.2, 0.25) is 0 Å². The summed E-state index contributed by atoms with van der Waals surface area (Å²) in [6.07, 6.45) is 4.63. The second kappa shape index (κ2) is 5.14. The molecule has 0 spiro atoms. The van der Waals surface area contributed by atoms with Crippen molar-refractivity contribution in [3.8, 4) is 0 Å². The Hall–Kier alpha value is 0.0569. The first-order chi connectivity index (χ1) is 7.73.